The van der Waals surface area contributed by atoms with E-state index in [4.69, 9.17) is 4.42 Å². The molecule has 0 spiro atoms. The van der Waals surface area contributed by atoms with Crippen molar-refractivity contribution in [1.82, 2.24) is 9.88 Å². The molecule has 23 heavy (non-hydrogen) atoms. The molecule has 1 fully saturated rings. The van der Waals surface area contributed by atoms with Gasteiger partial charge in [0.2, 0.25) is 5.76 Å². The van der Waals surface area contributed by atoms with Gasteiger partial charge in [0, 0.05) is 23.9 Å². The Morgan fingerprint density at radius 1 is 1.48 bits per heavy atom. The van der Waals surface area contributed by atoms with Crippen LogP contribution in [0, 0.1) is 6.92 Å². The SMILES string of the molecule is CCc1nc(C)c(C(=O)N2CCCC[C@H]2CCc2cccs2)o1. The second kappa shape index (κ2) is 7.30. The lowest BCUT2D eigenvalue weighted by Crippen LogP contribution is -2.44. The van der Waals surface area contributed by atoms with Crippen molar-refractivity contribution in [2.24, 2.45) is 0 Å². The van der Waals surface area contributed by atoms with E-state index in [1.807, 2.05) is 18.7 Å². The standard InChI is InChI=1S/C18H24N2O2S/c1-3-16-19-13(2)17(22-16)18(21)20-11-5-4-7-14(20)9-10-15-8-6-12-23-15/h6,8,12,14H,3-5,7,9-11H2,1-2H3/t14-/m0/s1. The Bertz CT molecular complexity index is 648. The Morgan fingerprint density at radius 3 is 3.04 bits per heavy atom. The molecular formula is C18H24N2O2S. The topological polar surface area (TPSA) is 46.3 Å². The number of amides is 1. The molecule has 0 unspecified atom stereocenters. The molecule has 3 rings (SSSR count). The minimum absolute atomic E-state index is 0.0191. The number of carbonyl (C=O) groups excluding carboxylic acids is 1. The molecule has 2 aromatic rings. The van der Waals surface area contributed by atoms with Crippen molar-refractivity contribution in [3.63, 3.8) is 0 Å². The quantitative estimate of drug-likeness (QED) is 0.823. The third-order valence-electron chi connectivity index (χ3n) is 4.53. The molecule has 3 heterocycles. The first kappa shape index (κ1) is 16.2. The molecule has 1 amide bonds. The van der Waals surface area contributed by atoms with Crippen molar-refractivity contribution in [1.29, 1.82) is 0 Å². The zero-order valence-electron chi connectivity index (χ0n) is 13.9. The fourth-order valence-electron chi connectivity index (χ4n) is 3.26. The first-order valence-corrected chi connectivity index (χ1v) is 9.36. The summed E-state index contributed by atoms with van der Waals surface area (Å²) in [6.07, 6.45) is 6.16. The van der Waals surface area contributed by atoms with Gasteiger partial charge in [-0.2, -0.15) is 0 Å². The second-order valence-electron chi connectivity index (χ2n) is 6.14. The Hall–Kier alpha value is -1.62. The lowest BCUT2D eigenvalue weighted by molar-refractivity contribution is 0.0567. The molecule has 4 nitrogen and oxygen atoms in total. The normalized spacial score (nSPS) is 18.3. The first-order valence-electron chi connectivity index (χ1n) is 8.48. The smallest absolute Gasteiger partial charge is 0.291 e. The Labute approximate surface area is 141 Å². The summed E-state index contributed by atoms with van der Waals surface area (Å²) in [7, 11) is 0. The van der Waals surface area contributed by atoms with Gasteiger partial charge in [-0.15, -0.1) is 11.3 Å². The number of thiophene rings is 1. The number of aromatic nitrogens is 1. The van der Waals surface area contributed by atoms with Crippen molar-refractivity contribution in [2.45, 2.75) is 58.4 Å². The number of likely N-dealkylation sites (tertiary alicyclic amines) is 1. The average Bonchev–Trinajstić information content (AvgIpc) is 3.22. The van der Waals surface area contributed by atoms with Crippen LogP contribution in [0.4, 0.5) is 0 Å². The van der Waals surface area contributed by atoms with Gasteiger partial charge in [-0.1, -0.05) is 13.0 Å². The molecule has 0 aliphatic carbocycles. The van der Waals surface area contributed by atoms with E-state index in [0.29, 0.717) is 17.7 Å². The van der Waals surface area contributed by atoms with Gasteiger partial charge in [0.1, 0.15) is 0 Å². The van der Waals surface area contributed by atoms with Gasteiger partial charge in [-0.05, 0) is 50.5 Å². The molecule has 0 bridgehead atoms. The van der Waals surface area contributed by atoms with Gasteiger partial charge in [-0.3, -0.25) is 4.79 Å². The highest BCUT2D eigenvalue weighted by Crippen LogP contribution is 2.25. The second-order valence-corrected chi connectivity index (χ2v) is 7.17. The molecule has 1 aliphatic heterocycles. The number of aryl methyl sites for hydroxylation is 3. The lowest BCUT2D eigenvalue weighted by atomic mass is 9.97. The van der Waals surface area contributed by atoms with E-state index in [1.54, 1.807) is 11.3 Å². The van der Waals surface area contributed by atoms with E-state index in [9.17, 15) is 4.79 Å². The van der Waals surface area contributed by atoms with Crippen LogP contribution in [0.1, 0.15) is 59.6 Å². The summed E-state index contributed by atoms with van der Waals surface area (Å²) in [5, 5.41) is 2.11. The summed E-state index contributed by atoms with van der Waals surface area (Å²) in [5.74, 6) is 1.11. The number of piperidine rings is 1. The molecule has 0 aromatic carbocycles. The molecule has 0 radical (unpaired) electrons. The van der Waals surface area contributed by atoms with Crippen LogP contribution in [0.25, 0.3) is 0 Å². The third-order valence-corrected chi connectivity index (χ3v) is 5.47. The zero-order valence-corrected chi connectivity index (χ0v) is 14.7. The van der Waals surface area contributed by atoms with E-state index in [1.165, 1.54) is 11.3 Å². The van der Waals surface area contributed by atoms with Crippen molar-refractivity contribution in [3.05, 3.63) is 39.7 Å². The highest BCUT2D eigenvalue weighted by atomic mass is 32.1. The molecule has 1 aliphatic rings. The van der Waals surface area contributed by atoms with Crippen molar-refractivity contribution >= 4 is 17.2 Å². The van der Waals surface area contributed by atoms with Crippen LogP contribution in [0.15, 0.2) is 21.9 Å². The van der Waals surface area contributed by atoms with Crippen molar-refractivity contribution < 1.29 is 9.21 Å². The Balaban J connectivity index is 1.72. The molecule has 124 valence electrons. The number of rotatable bonds is 5. The first-order chi connectivity index (χ1) is 11.2. The van der Waals surface area contributed by atoms with Gasteiger partial charge in [-0.25, -0.2) is 4.98 Å². The molecule has 5 heteroatoms. The molecule has 0 saturated carbocycles. The summed E-state index contributed by atoms with van der Waals surface area (Å²) in [5.41, 5.74) is 0.717. The van der Waals surface area contributed by atoms with Crippen molar-refractivity contribution in [2.75, 3.05) is 6.54 Å². The molecule has 0 N–H and O–H groups in total. The average molecular weight is 332 g/mol. The summed E-state index contributed by atoms with van der Waals surface area (Å²) >= 11 is 1.79. The van der Waals surface area contributed by atoms with Gasteiger partial charge in [0.15, 0.2) is 5.89 Å². The van der Waals surface area contributed by atoms with E-state index >= 15 is 0 Å². The Morgan fingerprint density at radius 2 is 2.35 bits per heavy atom. The van der Waals surface area contributed by atoms with E-state index < -0.39 is 0 Å². The maximum absolute atomic E-state index is 12.9. The maximum Gasteiger partial charge on any atom is 0.291 e. The largest absolute Gasteiger partial charge is 0.435 e. The highest BCUT2D eigenvalue weighted by Gasteiger charge is 2.30. The summed E-state index contributed by atoms with van der Waals surface area (Å²) in [6, 6.07) is 4.58. The highest BCUT2D eigenvalue weighted by molar-refractivity contribution is 7.09. The van der Waals surface area contributed by atoms with E-state index in [-0.39, 0.29) is 5.91 Å². The minimum Gasteiger partial charge on any atom is -0.435 e. The molecule has 1 saturated heterocycles. The van der Waals surface area contributed by atoms with Gasteiger partial charge < -0.3 is 9.32 Å². The summed E-state index contributed by atoms with van der Waals surface area (Å²) in [6.45, 7) is 4.68. The van der Waals surface area contributed by atoms with Gasteiger partial charge in [0.05, 0.1) is 5.69 Å². The lowest BCUT2D eigenvalue weighted by Gasteiger charge is -2.35. The van der Waals surface area contributed by atoms with Crippen LogP contribution in [-0.2, 0) is 12.8 Å². The predicted molar refractivity (Wildman–Crippen MR) is 91.9 cm³/mol. The maximum atomic E-state index is 12.9. The molecule has 1 atom stereocenters. The zero-order chi connectivity index (χ0) is 16.2. The van der Waals surface area contributed by atoms with Crippen LogP contribution < -0.4 is 0 Å². The molecular weight excluding hydrogens is 308 g/mol. The van der Waals surface area contributed by atoms with Crippen LogP contribution in [-0.4, -0.2) is 28.4 Å². The monoisotopic (exact) mass is 332 g/mol. The van der Waals surface area contributed by atoms with Gasteiger partial charge >= 0.3 is 0 Å². The Kier molecular flexibility index (Phi) is 5.16. The number of carbonyl (C=O) groups is 1. The molecule has 2 aromatic heterocycles. The van der Waals surface area contributed by atoms with Crippen LogP contribution in [0.5, 0.6) is 0 Å². The third kappa shape index (κ3) is 3.66. The number of hydrogen-bond donors (Lipinski definition) is 0. The predicted octanol–water partition coefficient (Wildman–Crippen LogP) is 4.23. The van der Waals surface area contributed by atoms with E-state index in [2.05, 4.69) is 22.5 Å². The van der Waals surface area contributed by atoms with Crippen LogP contribution in [0.3, 0.4) is 0 Å². The van der Waals surface area contributed by atoms with Gasteiger partial charge in [0.25, 0.3) is 5.91 Å². The summed E-state index contributed by atoms with van der Waals surface area (Å²) < 4.78 is 5.68. The summed E-state index contributed by atoms with van der Waals surface area (Å²) in [4.78, 5) is 20.7. The fourth-order valence-corrected chi connectivity index (χ4v) is 3.99. The van der Waals surface area contributed by atoms with Crippen LogP contribution >= 0.6 is 11.3 Å². The number of nitrogens with zero attached hydrogens (tertiary/aromatic N) is 2. The van der Waals surface area contributed by atoms with Crippen molar-refractivity contribution in [3.8, 4) is 0 Å². The van der Waals surface area contributed by atoms with Crippen LogP contribution in [0.2, 0.25) is 0 Å². The number of hydrogen-bond acceptors (Lipinski definition) is 4. The number of oxazole rings is 1. The minimum atomic E-state index is 0.0191. The van der Waals surface area contributed by atoms with E-state index in [0.717, 1.165) is 44.3 Å². The fraction of sp³-hybridized carbons (Fsp3) is 0.556.